The zero-order chi connectivity index (χ0) is 23.9. The molecule has 0 unspecified atom stereocenters. The van der Waals surface area contributed by atoms with Gasteiger partial charge in [0.25, 0.3) is 0 Å². The van der Waals surface area contributed by atoms with Crippen molar-refractivity contribution in [3.05, 3.63) is 59.8 Å². The van der Waals surface area contributed by atoms with Crippen LogP contribution in [-0.4, -0.2) is 55.7 Å². The van der Waals surface area contributed by atoms with Crippen LogP contribution in [0.1, 0.15) is 56.1 Å². The molecule has 2 heterocycles. The number of amides is 1. The number of H-pyrrole nitrogens is 1. The zero-order valence-electron chi connectivity index (χ0n) is 20.6. The molecule has 0 bridgehead atoms. The molecule has 1 aliphatic rings. The van der Waals surface area contributed by atoms with Crippen LogP contribution in [0, 0.1) is 0 Å². The van der Waals surface area contributed by atoms with Crippen molar-refractivity contribution in [1.29, 1.82) is 0 Å². The number of likely N-dealkylation sites (tertiary alicyclic amines) is 1. The predicted octanol–water partition coefficient (Wildman–Crippen LogP) is 5.09. The molecule has 1 aromatic heterocycles. The largest absolute Gasteiger partial charge is 0.493 e. The lowest BCUT2D eigenvalue weighted by atomic mass is 9.87. The van der Waals surface area contributed by atoms with E-state index in [1.54, 1.807) is 14.2 Å². The molecule has 1 amide bonds. The van der Waals surface area contributed by atoms with Gasteiger partial charge >= 0.3 is 0 Å². The molecule has 2 aromatic carbocycles. The predicted molar refractivity (Wildman–Crippen MR) is 137 cm³/mol. The fraction of sp³-hybridized carbons (Fsp3) is 0.464. The Morgan fingerprint density at radius 2 is 1.97 bits per heavy atom. The van der Waals surface area contributed by atoms with Gasteiger partial charge in [0.1, 0.15) is 0 Å². The Hall–Kier alpha value is -2.99. The van der Waals surface area contributed by atoms with Gasteiger partial charge in [-0.3, -0.25) is 4.79 Å². The van der Waals surface area contributed by atoms with Gasteiger partial charge in [0.05, 0.1) is 14.2 Å². The van der Waals surface area contributed by atoms with E-state index in [0.29, 0.717) is 30.5 Å². The lowest BCUT2D eigenvalue weighted by Crippen LogP contribution is -2.39. The van der Waals surface area contributed by atoms with Crippen LogP contribution in [0.5, 0.6) is 11.5 Å². The fourth-order valence-electron chi connectivity index (χ4n) is 5.21. The summed E-state index contributed by atoms with van der Waals surface area (Å²) in [6.07, 6.45) is 7.21. The van der Waals surface area contributed by atoms with Crippen molar-refractivity contribution >= 4 is 16.8 Å². The minimum atomic E-state index is -0.164. The van der Waals surface area contributed by atoms with Gasteiger partial charge in [-0.25, -0.2) is 0 Å². The van der Waals surface area contributed by atoms with Crippen LogP contribution in [0.2, 0.25) is 0 Å². The molecule has 182 valence electrons. The second-order valence-corrected chi connectivity index (χ2v) is 9.21. The first-order chi connectivity index (χ1) is 16.6. The molecule has 0 saturated carbocycles. The van der Waals surface area contributed by atoms with E-state index in [0.717, 1.165) is 35.0 Å². The van der Waals surface area contributed by atoms with Gasteiger partial charge < -0.3 is 24.7 Å². The highest BCUT2D eigenvalue weighted by Gasteiger charge is 2.26. The molecule has 3 aromatic rings. The van der Waals surface area contributed by atoms with E-state index in [1.165, 1.54) is 25.8 Å². The van der Waals surface area contributed by atoms with Gasteiger partial charge in [-0.15, -0.1) is 0 Å². The molecule has 34 heavy (non-hydrogen) atoms. The number of nitrogens with one attached hydrogen (secondary N) is 2. The first-order valence-electron chi connectivity index (χ1n) is 12.4. The van der Waals surface area contributed by atoms with Crippen molar-refractivity contribution in [2.75, 3.05) is 33.9 Å². The van der Waals surface area contributed by atoms with Crippen molar-refractivity contribution in [3.63, 3.8) is 0 Å². The minimum absolute atomic E-state index is 0.0480. The molecule has 1 fully saturated rings. The summed E-state index contributed by atoms with van der Waals surface area (Å²) >= 11 is 0. The van der Waals surface area contributed by atoms with Gasteiger partial charge in [-0.1, -0.05) is 36.8 Å². The molecular formula is C28H37N3O3. The number of rotatable bonds is 10. The van der Waals surface area contributed by atoms with Crippen LogP contribution in [-0.2, 0) is 4.79 Å². The lowest BCUT2D eigenvalue weighted by Gasteiger charge is -2.33. The van der Waals surface area contributed by atoms with Gasteiger partial charge in [-0.2, -0.15) is 0 Å². The summed E-state index contributed by atoms with van der Waals surface area (Å²) in [6.45, 7) is 5.22. The van der Waals surface area contributed by atoms with E-state index in [2.05, 4.69) is 34.3 Å². The van der Waals surface area contributed by atoms with E-state index >= 15 is 0 Å². The number of ether oxygens (including phenoxy) is 2. The third-order valence-electron chi connectivity index (χ3n) is 7.08. The number of carbonyl (C=O) groups excluding carboxylic acids is 1. The molecule has 1 aliphatic heterocycles. The van der Waals surface area contributed by atoms with Crippen LogP contribution < -0.4 is 14.8 Å². The molecule has 6 nitrogen and oxygen atoms in total. The fourth-order valence-corrected chi connectivity index (χ4v) is 5.21. The number of nitrogens with zero attached hydrogens (tertiary/aromatic N) is 1. The number of aromatic amines is 1. The number of piperidine rings is 1. The maximum Gasteiger partial charge on any atom is 0.220 e. The molecule has 6 heteroatoms. The van der Waals surface area contributed by atoms with E-state index in [-0.39, 0.29) is 11.8 Å². The second kappa shape index (κ2) is 11.4. The van der Waals surface area contributed by atoms with Crippen LogP contribution in [0.25, 0.3) is 10.9 Å². The summed E-state index contributed by atoms with van der Waals surface area (Å²) in [5, 5.41) is 4.28. The third-order valence-corrected chi connectivity index (χ3v) is 7.08. The first kappa shape index (κ1) is 24.1. The molecule has 1 saturated heterocycles. The summed E-state index contributed by atoms with van der Waals surface area (Å²) in [6, 6.07) is 14.7. The van der Waals surface area contributed by atoms with Crippen molar-refractivity contribution in [1.82, 2.24) is 15.2 Å². The van der Waals surface area contributed by atoms with Crippen molar-refractivity contribution in [2.45, 2.75) is 51.0 Å². The summed E-state index contributed by atoms with van der Waals surface area (Å²) in [4.78, 5) is 19.0. The Morgan fingerprint density at radius 1 is 1.12 bits per heavy atom. The van der Waals surface area contributed by atoms with Gasteiger partial charge in [0.15, 0.2) is 11.5 Å². The quantitative estimate of drug-likeness (QED) is 0.411. The highest BCUT2D eigenvalue weighted by molar-refractivity contribution is 5.86. The standard InChI is InChI=1S/C28H37N3O3/c1-20-10-6-7-16-31(20)17-9-15-29-27(32)18-23(22-12-8-14-26(33-2)28(22)34-3)24-19-30-25-13-5-4-11-21(24)25/h4-5,8,11-14,19-20,23,30H,6-7,9-10,15-18H2,1-3H3,(H,29,32)/t20-,23-/m0/s1. The number of para-hydroxylation sites is 2. The Balaban J connectivity index is 1.51. The summed E-state index contributed by atoms with van der Waals surface area (Å²) < 4.78 is 11.3. The Morgan fingerprint density at radius 3 is 2.76 bits per heavy atom. The van der Waals surface area contributed by atoms with Crippen molar-refractivity contribution < 1.29 is 14.3 Å². The van der Waals surface area contributed by atoms with Gasteiger partial charge in [0.2, 0.25) is 5.91 Å². The highest BCUT2D eigenvalue weighted by atomic mass is 16.5. The third kappa shape index (κ3) is 5.39. The first-order valence-corrected chi connectivity index (χ1v) is 12.4. The zero-order valence-corrected chi connectivity index (χ0v) is 20.6. The van der Waals surface area contributed by atoms with Crippen LogP contribution >= 0.6 is 0 Å². The van der Waals surface area contributed by atoms with E-state index < -0.39 is 0 Å². The Bertz CT molecular complexity index is 1090. The number of carbonyl (C=O) groups is 1. The van der Waals surface area contributed by atoms with Gasteiger partial charge in [0, 0.05) is 54.1 Å². The summed E-state index contributed by atoms with van der Waals surface area (Å²) in [7, 11) is 3.29. The van der Waals surface area contributed by atoms with E-state index in [1.807, 2.05) is 36.5 Å². The number of hydrogen-bond donors (Lipinski definition) is 2. The molecule has 4 rings (SSSR count). The van der Waals surface area contributed by atoms with Gasteiger partial charge in [-0.05, 0) is 50.4 Å². The molecular weight excluding hydrogens is 426 g/mol. The SMILES string of the molecule is COc1cccc([C@H](CC(=O)NCCCN2CCCC[C@@H]2C)c2c[nH]c3ccccc23)c1OC. The topological polar surface area (TPSA) is 66.6 Å². The smallest absolute Gasteiger partial charge is 0.220 e. The highest BCUT2D eigenvalue weighted by Crippen LogP contribution is 2.41. The number of benzene rings is 2. The number of methoxy groups -OCH3 is 2. The van der Waals surface area contributed by atoms with Crippen LogP contribution in [0.15, 0.2) is 48.7 Å². The number of fused-ring (bicyclic) bond motifs is 1. The normalized spacial score (nSPS) is 17.4. The molecule has 2 N–H and O–H groups in total. The maximum atomic E-state index is 13.1. The van der Waals surface area contributed by atoms with Crippen LogP contribution in [0.3, 0.4) is 0 Å². The van der Waals surface area contributed by atoms with Crippen molar-refractivity contribution in [3.8, 4) is 11.5 Å². The molecule has 0 spiro atoms. The summed E-state index contributed by atoms with van der Waals surface area (Å²) in [5.74, 6) is 1.23. The average Bonchev–Trinajstić information content (AvgIpc) is 3.29. The average molecular weight is 464 g/mol. The second-order valence-electron chi connectivity index (χ2n) is 9.21. The number of aromatic nitrogens is 1. The lowest BCUT2D eigenvalue weighted by molar-refractivity contribution is -0.121. The summed E-state index contributed by atoms with van der Waals surface area (Å²) in [5.41, 5.74) is 3.09. The maximum absolute atomic E-state index is 13.1. The number of hydrogen-bond acceptors (Lipinski definition) is 4. The monoisotopic (exact) mass is 463 g/mol. The van der Waals surface area contributed by atoms with Crippen LogP contribution in [0.4, 0.5) is 0 Å². The Kier molecular flexibility index (Phi) is 8.12. The minimum Gasteiger partial charge on any atom is -0.493 e. The Labute approximate surface area is 202 Å². The van der Waals surface area contributed by atoms with E-state index in [4.69, 9.17) is 9.47 Å². The molecule has 2 atom stereocenters. The van der Waals surface area contributed by atoms with Crippen molar-refractivity contribution in [2.24, 2.45) is 0 Å². The van der Waals surface area contributed by atoms with E-state index in [9.17, 15) is 4.79 Å². The molecule has 0 radical (unpaired) electrons. The molecule has 0 aliphatic carbocycles.